The number of urea groups is 1. The number of para-hydroxylation sites is 1. The van der Waals surface area contributed by atoms with E-state index in [0.717, 1.165) is 5.56 Å². The molecule has 0 bridgehead atoms. The average Bonchev–Trinajstić information content (AvgIpc) is 2.74. The van der Waals surface area contributed by atoms with Crippen molar-refractivity contribution in [2.75, 3.05) is 6.61 Å². The standard InChI is InChI=1S/C23H24Cl2N2O4/c1-4-30-22(28)19-20(13(2)3)26-23(29)27-21(19)15-7-5-6-8-18(15)31-12-14-9-10-16(24)17(25)11-14/h5-11,13,21H,4,12H2,1-3H3,(H2,26,27,29). The summed E-state index contributed by atoms with van der Waals surface area (Å²) in [4.78, 5) is 25.2. The summed E-state index contributed by atoms with van der Waals surface area (Å²) < 4.78 is 11.3. The molecule has 164 valence electrons. The molecule has 0 aliphatic carbocycles. The van der Waals surface area contributed by atoms with Crippen LogP contribution >= 0.6 is 23.2 Å². The van der Waals surface area contributed by atoms with Crippen LogP contribution in [0, 0.1) is 5.92 Å². The van der Waals surface area contributed by atoms with Crippen molar-refractivity contribution in [3.63, 3.8) is 0 Å². The van der Waals surface area contributed by atoms with Crippen LogP contribution in [-0.2, 0) is 16.1 Å². The molecule has 8 heteroatoms. The van der Waals surface area contributed by atoms with Gasteiger partial charge in [0.15, 0.2) is 0 Å². The lowest BCUT2D eigenvalue weighted by molar-refractivity contribution is -0.139. The molecule has 2 aromatic rings. The van der Waals surface area contributed by atoms with Crippen molar-refractivity contribution in [3.8, 4) is 5.75 Å². The molecule has 2 N–H and O–H groups in total. The summed E-state index contributed by atoms with van der Waals surface area (Å²) in [5.74, 6) is -0.0362. The van der Waals surface area contributed by atoms with Gasteiger partial charge in [0, 0.05) is 11.3 Å². The van der Waals surface area contributed by atoms with E-state index >= 15 is 0 Å². The minimum atomic E-state index is -0.713. The number of hydrogen-bond donors (Lipinski definition) is 2. The monoisotopic (exact) mass is 462 g/mol. The van der Waals surface area contributed by atoms with Gasteiger partial charge in [-0.1, -0.05) is 61.3 Å². The fourth-order valence-corrected chi connectivity index (χ4v) is 3.67. The number of esters is 1. The molecule has 1 atom stereocenters. The van der Waals surface area contributed by atoms with Gasteiger partial charge in [0.2, 0.25) is 0 Å². The van der Waals surface area contributed by atoms with Crippen LogP contribution in [0.2, 0.25) is 10.0 Å². The number of hydrogen-bond acceptors (Lipinski definition) is 4. The number of allylic oxidation sites excluding steroid dienone is 1. The lowest BCUT2D eigenvalue weighted by atomic mass is 9.91. The maximum atomic E-state index is 12.8. The lowest BCUT2D eigenvalue weighted by Gasteiger charge is -2.31. The maximum Gasteiger partial charge on any atom is 0.338 e. The van der Waals surface area contributed by atoms with Gasteiger partial charge in [-0.3, -0.25) is 0 Å². The van der Waals surface area contributed by atoms with Gasteiger partial charge in [0.25, 0.3) is 0 Å². The second-order valence-corrected chi connectivity index (χ2v) is 8.12. The molecule has 0 aromatic heterocycles. The summed E-state index contributed by atoms with van der Waals surface area (Å²) in [6.45, 7) is 6.02. The van der Waals surface area contributed by atoms with Crippen molar-refractivity contribution in [1.29, 1.82) is 0 Å². The van der Waals surface area contributed by atoms with Gasteiger partial charge in [-0.2, -0.15) is 0 Å². The number of amides is 2. The van der Waals surface area contributed by atoms with Gasteiger partial charge in [-0.05, 0) is 36.6 Å². The molecule has 0 radical (unpaired) electrons. The fourth-order valence-electron chi connectivity index (χ4n) is 3.35. The van der Waals surface area contributed by atoms with E-state index in [0.29, 0.717) is 32.6 Å². The molecule has 6 nitrogen and oxygen atoms in total. The van der Waals surface area contributed by atoms with Gasteiger partial charge in [0.1, 0.15) is 12.4 Å². The largest absolute Gasteiger partial charge is 0.489 e. The fraction of sp³-hybridized carbons (Fsp3) is 0.304. The third-order valence-electron chi connectivity index (χ3n) is 4.78. The van der Waals surface area contributed by atoms with Gasteiger partial charge >= 0.3 is 12.0 Å². The summed E-state index contributed by atoms with van der Waals surface area (Å²) >= 11 is 12.1. The summed E-state index contributed by atoms with van der Waals surface area (Å²) in [6, 6.07) is 11.4. The maximum absolute atomic E-state index is 12.8. The quantitative estimate of drug-likeness (QED) is 0.540. The van der Waals surface area contributed by atoms with Crippen molar-refractivity contribution >= 4 is 35.2 Å². The van der Waals surface area contributed by atoms with Crippen molar-refractivity contribution in [2.45, 2.75) is 33.4 Å². The molecule has 0 saturated heterocycles. The molecule has 1 heterocycles. The summed E-state index contributed by atoms with van der Waals surface area (Å²) in [5.41, 5.74) is 2.38. The van der Waals surface area contributed by atoms with Gasteiger partial charge in [-0.15, -0.1) is 0 Å². The van der Waals surface area contributed by atoms with E-state index in [9.17, 15) is 9.59 Å². The highest BCUT2D eigenvalue weighted by Gasteiger charge is 2.36. The first-order chi connectivity index (χ1) is 14.8. The smallest absolute Gasteiger partial charge is 0.338 e. The predicted octanol–water partition coefficient (Wildman–Crippen LogP) is 5.40. The number of carbonyl (C=O) groups is 2. The number of benzene rings is 2. The van der Waals surface area contributed by atoms with Crippen LogP contribution in [0.25, 0.3) is 0 Å². The van der Waals surface area contributed by atoms with Crippen LogP contribution in [0.3, 0.4) is 0 Å². The summed E-state index contributed by atoms with van der Waals surface area (Å²) in [6.07, 6.45) is 0. The van der Waals surface area contributed by atoms with Crippen molar-refractivity contribution in [2.24, 2.45) is 5.92 Å². The van der Waals surface area contributed by atoms with Gasteiger partial charge in [0.05, 0.1) is 28.3 Å². The number of halogens is 2. The number of carbonyl (C=O) groups excluding carboxylic acids is 2. The zero-order valence-corrected chi connectivity index (χ0v) is 19.0. The Balaban J connectivity index is 1.98. The first kappa shape index (κ1) is 23.0. The minimum Gasteiger partial charge on any atom is -0.489 e. The van der Waals surface area contributed by atoms with E-state index in [2.05, 4.69) is 10.6 Å². The normalized spacial score (nSPS) is 16.1. The van der Waals surface area contributed by atoms with Gasteiger partial charge < -0.3 is 20.1 Å². The molecule has 2 amide bonds. The average molecular weight is 463 g/mol. The van der Waals surface area contributed by atoms with Crippen LogP contribution in [0.5, 0.6) is 5.75 Å². The zero-order chi connectivity index (χ0) is 22.5. The van der Waals surface area contributed by atoms with E-state index in [1.54, 1.807) is 25.1 Å². The Labute approximate surface area is 191 Å². The molecule has 0 spiro atoms. The third kappa shape index (κ3) is 5.32. The second-order valence-electron chi connectivity index (χ2n) is 7.31. The van der Waals surface area contributed by atoms with E-state index in [1.165, 1.54) is 0 Å². The molecule has 1 unspecified atom stereocenters. The molecular formula is C23H24Cl2N2O4. The Morgan fingerprint density at radius 1 is 1.13 bits per heavy atom. The highest BCUT2D eigenvalue weighted by molar-refractivity contribution is 6.42. The van der Waals surface area contributed by atoms with Gasteiger partial charge in [-0.25, -0.2) is 9.59 Å². The van der Waals surface area contributed by atoms with E-state index in [4.69, 9.17) is 32.7 Å². The second kappa shape index (κ2) is 10.1. The van der Waals surface area contributed by atoms with Crippen molar-refractivity contribution < 1.29 is 19.1 Å². The minimum absolute atomic E-state index is 0.0859. The van der Waals surface area contributed by atoms with Crippen molar-refractivity contribution in [1.82, 2.24) is 10.6 Å². The number of rotatable bonds is 7. The first-order valence-corrected chi connectivity index (χ1v) is 10.7. The molecule has 3 rings (SSSR count). The lowest BCUT2D eigenvalue weighted by Crippen LogP contribution is -2.47. The van der Waals surface area contributed by atoms with Crippen LogP contribution < -0.4 is 15.4 Å². The number of nitrogens with one attached hydrogen (secondary N) is 2. The Morgan fingerprint density at radius 2 is 1.87 bits per heavy atom. The Kier molecular flexibility index (Phi) is 7.46. The predicted molar refractivity (Wildman–Crippen MR) is 120 cm³/mol. The third-order valence-corrected chi connectivity index (χ3v) is 5.52. The zero-order valence-electron chi connectivity index (χ0n) is 17.5. The van der Waals surface area contributed by atoms with Crippen LogP contribution in [0.15, 0.2) is 53.7 Å². The van der Waals surface area contributed by atoms with Crippen LogP contribution in [-0.4, -0.2) is 18.6 Å². The molecular weight excluding hydrogens is 439 g/mol. The Bertz CT molecular complexity index is 1020. The molecule has 2 aromatic carbocycles. The van der Waals surface area contributed by atoms with E-state index < -0.39 is 12.0 Å². The Hall–Kier alpha value is -2.70. The first-order valence-electron chi connectivity index (χ1n) is 9.96. The molecule has 1 aliphatic heterocycles. The summed E-state index contributed by atoms with van der Waals surface area (Å²) in [7, 11) is 0. The molecule has 0 fully saturated rings. The van der Waals surface area contributed by atoms with Crippen LogP contribution in [0.1, 0.15) is 37.9 Å². The SMILES string of the molecule is CCOC(=O)C1=C(C(C)C)NC(=O)NC1c1ccccc1OCc1ccc(Cl)c(Cl)c1. The molecule has 0 saturated carbocycles. The molecule has 1 aliphatic rings. The Morgan fingerprint density at radius 3 is 2.55 bits per heavy atom. The van der Waals surface area contributed by atoms with E-state index in [1.807, 2.05) is 38.1 Å². The van der Waals surface area contributed by atoms with E-state index in [-0.39, 0.29) is 25.2 Å². The van der Waals surface area contributed by atoms with Crippen LogP contribution in [0.4, 0.5) is 4.79 Å². The summed E-state index contributed by atoms with van der Waals surface area (Å²) in [5, 5.41) is 6.50. The van der Waals surface area contributed by atoms with Crippen molar-refractivity contribution in [3.05, 3.63) is 74.9 Å². The highest BCUT2D eigenvalue weighted by atomic mass is 35.5. The number of ether oxygens (including phenoxy) is 2. The highest BCUT2D eigenvalue weighted by Crippen LogP contribution is 2.35. The molecule has 31 heavy (non-hydrogen) atoms. The topological polar surface area (TPSA) is 76.7 Å².